The molecule has 0 amide bonds. The van der Waals surface area contributed by atoms with Gasteiger partial charge in [-0.25, -0.2) is 4.98 Å². The molecule has 19 heavy (non-hydrogen) atoms. The van der Waals surface area contributed by atoms with Crippen molar-refractivity contribution in [1.29, 1.82) is 0 Å². The van der Waals surface area contributed by atoms with Crippen LogP contribution in [0.2, 0.25) is 0 Å². The van der Waals surface area contributed by atoms with Gasteiger partial charge in [0.2, 0.25) is 0 Å². The fourth-order valence-corrected chi connectivity index (χ4v) is 1.92. The molecule has 1 aromatic heterocycles. The molecule has 3 nitrogen and oxygen atoms in total. The highest BCUT2D eigenvalue weighted by Crippen LogP contribution is 2.06. The largest absolute Gasteiger partial charge is 0.389 e. The Labute approximate surface area is 118 Å². The molecule has 0 unspecified atom stereocenters. The van der Waals surface area contributed by atoms with Crippen molar-refractivity contribution in [3.8, 4) is 0 Å². The molecule has 1 heterocycles. The Morgan fingerprint density at radius 1 is 1.16 bits per heavy atom. The van der Waals surface area contributed by atoms with Crippen LogP contribution in [0.5, 0.6) is 0 Å². The molecule has 0 atom stereocenters. The van der Waals surface area contributed by atoms with Crippen LogP contribution in [-0.4, -0.2) is 16.5 Å². The number of pyridine rings is 1. The lowest BCUT2D eigenvalue weighted by atomic mass is 10.1. The number of aromatic nitrogens is 1. The van der Waals surface area contributed by atoms with E-state index in [2.05, 4.69) is 34.6 Å². The minimum absolute atomic E-state index is 0.378. The van der Waals surface area contributed by atoms with Gasteiger partial charge in [-0.15, -0.1) is 0 Å². The first-order valence-corrected chi connectivity index (χ1v) is 6.70. The summed E-state index contributed by atoms with van der Waals surface area (Å²) in [4.78, 5) is 4.64. The van der Waals surface area contributed by atoms with Gasteiger partial charge < -0.3 is 11.1 Å². The van der Waals surface area contributed by atoms with Crippen molar-refractivity contribution in [2.24, 2.45) is 5.73 Å². The van der Waals surface area contributed by atoms with Crippen LogP contribution in [0.4, 0.5) is 5.82 Å². The summed E-state index contributed by atoms with van der Waals surface area (Å²) >= 11 is 4.88. The van der Waals surface area contributed by atoms with Crippen molar-refractivity contribution in [3.63, 3.8) is 0 Å². The van der Waals surface area contributed by atoms with Gasteiger partial charge in [0.1, 0.15) is 10.8 Å². The third-order valence-electron chi connectivity index (χ3n) is 2.84. The molecule has 2 aromatic rings. The molecule has 98 valence electrons. The van der Waals surface area contributed by atoms with Crippen LogP contribution in [0.15, 0.2) is 48.7 Å². The van der Waals surface area contributed by atoms with E-state index in [9.17, 15) is 0 Å². The monoisotopic (exact) mass is 271 g/mol. The molecule has 0 aliphatic heterocycles. The zero-order valence-corrected chi connectivity index (χ0v) is 11.5. The van der Waals surface area contributed by atoms with E-state index in [4.69, 9.17) is 18.0 Å². The lowest BCUT2D eigenvalue weighted by Gasteiger charge is -2.06. The van der Waals surface area contributed by atoms with E-state index in [0.717, 1.165) is 30.8 Å². The smallest absolute Gasteiger partial charge is 0.125 e. The molecule has 2 rings (SSSR count). The SMILES string of the molecule is NC(=S)c1ccc(NCCCc2ccccc2)nc1. The number of benzene rings is 1. The zero-order valence-electron chi connectivity index (χ0n) is 10.7. The number of thiocarbonyl (C=S) groups is 1. The van der Waals surface area contributed by atoms with Gasteiger partial charge in [-0.3, -0.25) is 0 Å². The molecule has 0 aliphatic rings. The van der Waals surface area contributed by atoms with E-state index < -0.39 is 0 Å². The molecule has 4 heteroatoms. The van der Waals surface area contributed by atoms with Gasteiger partial charge >= 0.3 is 0 Å². The second kappa shape index (κ2) is 6.85. The first kappa shape index (κ1) is 13.5. The van der Waals surface area contributed by atoms with Crippen LogP contribution in [0.25, 0.3) is 0 Å². The standard InChI is InChI=1S/C15H17N3S/c16-15(19)13-8-9-14(18-11-13)17-10-4-7-12-5-2-1-3-6-12/h1-3,5-6,8-9,11H,4,7,10H2,(H2,16,19)(H,17,18). The third-order valence-corrected chi connectivity index (χ3v) is 3.07. The zero-order chi connectivity index (χ0) is 13.5. The number of anilines is 1. The van der Waals surface area contributed by atoms with E-state index in [1.807, 2.05) is 18.2 Å². The van der Waals surface area contributed by atoms with Gasteiger partial charge in [0, 0.05) is 18.3 Å². The molecule has 0 bridgehead atoms. The predicted molar refractivity (Wildman–Crippen MR) is 83.4 cm³/mol. The second-order valence-electron chi connectivity index (χ2n) is 4.31. The van der Waals surface area contributed by atoms with E-state index in [-0.39, 0.29) is 0 Å². The number of hydrogen-bond donors (Lipinski definition) is 2. The third kappa shape index (κ3) is 4.34. The Morgan fingerprint density at radius 3 is 2.58 bits per heavy atom. The fraction of sp³-hybridized carbons (Fsp3) is 0.200. The highest BCUT2D eigenvalue weighted by atomic mass is 32.1. The molecular weight excluding hydrogens is 254 g/mol. The summed E-state index contributed by atoms with van der Waals surface area (Å²) in [5, 5.41) is 3.29. The molecule has 0 aliphatic carbocycles. The van der Waals surface area contributed by atoms with Crippen LogP contribution >= 0.6 is 12.2 Å². The van der Waals surface area contributed by atoms with Crippen molar-refractivity contribution in [2.75, 3.05) is 11.9 Å². The van der Waals surface area contributed by atoms with Gasteiger partial charge in [0.25, 0.3) is 0 Å². The fourth-order valence-electron chi connectivity index (χ4n) is 1.80. The maximum Gasteiger partial charge on any atom is 0.125 e. The molecule has 0 saturated heterocycles. The summed E-state index contributed by atoms with van der Waals surface area (Å²) in [6, 6.07) is 14.3. The van der Waals surface area contributed by atoms with Gasteiger partial charge in [0.05, 0.1) is 0 Å². The normalized spacial score (nSPS) is 10.1. The van der Waals surface area contributed by atoms with Gasteiger partial charge in [0.15, 0.2) is 0 Å². The minimum Gasteiger partial charge on any atom is -0.389 e. The van der Waals surface area contributed by atoms with Crippen LogP contribution in [-0.2, 0) is 6.42 Å². The summed E-state index contributed by atoms with van der Waals surface area (Å²) < 4.78 is 0. The predicted octanol–water partition coefficient (Wildman–Crippen LogP) is 2.76. The number of rotatable bonds is 6. The van der Waals surface area contributed by atoms with E-state index in [1.165, 1.54) is 5.56 Å². The topological polar surface area (TPSA) is 50.9 Å². The first-order valence-electron chi connectivity index (χ1n) is 6.29. The second-order valence-corrected chi connectivity index (χ2v) is 4.75. The Kier molecular flexibility index (Phi) is 4.86. The molecule has 1 aromatic carbocycles. The number of nitrogens with zero attached hydrogens (tertiary/aromatic N) is 1. The van der Waals surface area contributed by atoms with Crippen LogP contribution in [0.1, 0.15) is 17.5 Å². The summed E-state index contributed by atoms with van der Waals surface area (Å²) in [5.41, 5.74) is 7.68. The number of hydrogen-bond acceptors (Lipinski definition) is 3. The highest BCUT2D eigenvalue weighted by molar-refractivity contribution is 7.80. The average molecular weight is 271 g/mol. The first-order chi connectivity index (χ1) is 9.25. The Morgan fingerprint density at radius 2 is 1.95 bits per heavy atom. The molecule has 0 saturated carbocycles. The van der Waals surface area contributed by atoms with Crippen molar-refractivity contribution >= 4 is 23.0 Å². The minimum atomic E-state index is 0.378. The number of nitrogens with two attached hydrogens (primary N) is 1. The molecule has 0 fully saturated rings. The Bertz CT molecular complexity index is 523. The van der Waals surface area contributed by atoms with E-state index in [1.54, 1.807) is 6.20 Å². The van der Waals surface area contributed by atoms with Crippen LogP contribution < -0.4 is 11.1 Å². The Balaban J connectivity index is 1.75. The lowest BCUT2D eigenvalue weighted by molar-refractivity contribution is 0.859. The number of nitrogens with one attached hydrogen (secondary N) is 1. The Hall–Kier alpha value is -1.94. The summed E-state index contributed by atoms with van der Waals surface area (Å²) in [5.74, 6) is 0.855. The summed E-state index contributed by atoms with van der Waals surface area (Å²) in [7, 11) is 0. The quantitative estimate of drug-likeness (QED) is 0.626. The molecule has 3 N–H and O–H groups in total. The van der Waals surface area contributed by atoms with Crippen molar-refractivity contribution in [2.45, 2.75) is 12.8 Å². The maximum atomic E-state index is 5.52. The number of aryl methyl sites for hydroxylation is 1. The van der Waals surface area contributed by atoms with Crippen molar-refractivity contribution in [1.82, 2.24) is 4.98 Å². The van der Waals surface area contributed by atoms with Gasteiger partial charge in [-0.2, -0.15) is 0 Å². The van der Waals surface area contributed by atoms with Crippen LogP contribution in [0, 0.1) is 0 Å². The molecular formula is C15H17N3S. The van der Waals surface area contributed by atoms with Crippen LogP contribution in [0.3, 0.4) is 0 Å². The van der Waals surface area contributed by atoms with Gasteiger partial charge in [-0.05, 0) is 30.5 Å². The highest BCUT2D eigenvalue weighted by Gasteiger charge is 1.98. The molecule has 0 spiro atoms. The maximum absolute atomic E-state index is 5.52. The van der Waals surface area contributed by atoms with Crippen molar-refractivity contribution in [3.05, 3.63) is 59.8 Å². The average Bonchev–Trinajstić information content (AvgIpc) is 2.45. The van der Waals surface area contributed by atoms with E-state index >= 15 is 0 Å². The van der Waals surface area contributed by atoms with Gasteiger partial charge in [-0.1, -0.05) is 42.5 Å². The lowest BCUT2D eigenvalue weighted by Crippen LogP contribution is -2.10. The molecule has 0 radical (unpaired) electrons. The van der Waals surface area contributed by atoms with E-state index in [0.29, 0.717) is 4.99 Å². The summed E-state index contributed by atoms with van der Waals surface area (Å²) in [6.45, 7) is 0.897. The van der Waals surface area contributed by atoms with Crippen molar-refractivity contribution < 1.29 is 0 Å². The summed E-state index contributed by atoms with van der Waals surface area (Å²) in [6.07, 6.45) is 3.84.